The van der Waals surface area contributed by atoms with E-state index in [1.807, 2.05) is 0 Å². The van der Waals surface area contributed by atoms with Crippen LogP contribution in [0.4, 0.5) is 9.52 Å². The molecular weight excluding hydrogens is 566 g/mol. The topological polar surface area (TPSA) is 97.8 Å². The van der Waals surface area contributed by atoms with Crippen molar-refractivity contribution in [3.63, 3.8) is 0 Å². The van der Waals surface area contributed by atoms with Gasteiger partial charge in [-0.1, -0.05) is 67.9 Å². The predicted octanol–water partition coefficient (Wildman–Crippen LogP) is 8.07. The van der Waals surface area contributed by atoms with E-state index in [4.69, 9.17) is 37.8 Å². The number of hydrogen-bond acceptors (Lipinski definition) is 6. The van der Waals surface area contributed by atoms with Crippen molar-refractivity contribution in [2.75, 3.05) is 19.0 Å². The van der Waals surface area contributed by atoms with Crippen molar-refractivity contribution in [2.24, 2.45) is 0 Å². The van der Waals surface area contributed by atoms with Crippen molar-refractivity contribution in [1.82, 2.24) is 4.98 Å². The van der Waals surface area contributed by atoms with E-state index in [1.165, 1.54) is 44.6 Å². The molecule has 0 unspecified atom stereocenters. The fourth-order valence-corrected chi connectivity index (χ4v) is 5.00. The van der Waals surface area contributed by atoms with Gasteiger partial charge in [0.2, 0.25) is 5.76 Å². The molecule has 39 heavy (non-hydrogen) atoms. The molecule has 0 bridgehead atoms. The van der Waals surface area contributed by atoms with Crippen LogP contribution in [0.2, 0.25) is 10.0 Å². The number of ether oxygens (including phenoxy) is 2. The Kier molecular flexibility index (Phi) is 11.7. The van der Waals surface area contributed by atoms with Gasteiger partial charge in [0.05, 0.1) is 29.5 Å². The quantitative estimate of drug-likeness (QED) is 0.111. The van der Waals surface area contributed by atoms with Crippen molar-refractivity contribution >= 4 is 57.6 Å². The molecule has 0 saturated carbocycles. The number of thiazole rings is 1. The Bertz CT molecular complexity index is 1320. The van der Waals surface area contributed by atoms with E-state index in [-0.39, 0.29) is 38.7 Å². The van der Waals surface area contributed by atoms with E-state index in [9.17, 15) is 9.59 Å². The maximum atomic E-state index is 15.2. The van der Waals surface area contributed by atoms with Crippen LogP contribution in [-0.4, -0.2) is 35.7 Å². The number of benzene rings is 2. The summed E-state index contributed by atoms with van der Waals surface area (Å²) >= 11 is 13.7. The zero-order valence-corrected chi connectivity index (χ0v) is 23.9. The zero-order valence-electron chi connectivity index (χ0n) is 21.6. The molecule has 2 aromatic carbocycles. The van der Waals surface area contributed by atoms with Gasteiger partial charge in [-0.2, -0.15) is 0 Å². The van der Waals surface area contributed by atoms with Crippen LogP contribution < -0.4 is 5.32 Å². The van der Waals surface area contributed by atoms with Gasteiger partial charge < -0.3 is 14.6 Å². The minimum Gasteiger partial charge on any atom is -0.490 e. The Morgan fingerprint density at radius 3 is 2.54 bits per heavy atom. The van der Waals surface area contributed by atoms with E-state index in [0.29, 0.717) is 23.4 Å². The number of aromatic nitrogens is 1. The number of unbranched alkanes of at least 4 members (excludes halogenated alkanes) is 4. The second-order valence-electron chi connectivity index (χ2n) is 8.61. The van der Waals surface area contributed by atoms with Crippen LogP contribution in [0.25, 0.3) is 17.3 Å². The van der Waals surface area contributed by atoms with Crippen molar-refractivity contribution < 1.29 is 28.6 Å². The molecular formula is C28H29Cl2FN2O5S. The van der Waals surface area contributed by atoms with Crippen molar-refractivity contribution in [2.45, 2.75) is 45.6 Å². The number of carbonyl (C=O) groups is 2. The summed E-state index contributed by atoms with van der Waals surface area (Å²) in [4.78, 5) is 28.4. The summed E-state index contributed by atoms with van der Waals surface area (Å²) in [5.41, 5.74) is 1.46. The van der Waals surface area contributed by atoms with Gasteiger partial charge in [-0.3, -0.25) is 10.1 Å². The maximum Gasteiger partial charge on any atom is 0.371 e. The summed E-state index contributed by atoms with van der Waals surface area (Å²) in [7, 11) is 1.21. The summed E-state index contributed by atoms with van der Waals surface area (Å²) in [5.74, 6) is -2.61. The molecule has 0 atom stereocenters. The predicted molar refractivity (Wildman–Crippen MR) is 153 cm³/mol. The first-order valence-corrected chi connectivity index (χ1v) is 14.0. The van der Waals surface area contributed by atoms with Crippen molar-refractivity contribution in [1.29, 1.82) is 0 Å². The second-order valence-corrected chi connectivity index (χ2v) is 10.3. The molecule has 0 saturated heterocycles. The van der Waals surface area contributed by atoms with Gasteiger partial charge >= 0.3 is 5.97 Å². The SMILES string of the molecule is CCCCCCCOCc1cccc(-c2csc(NC(=O)c3cc(Cl)c(/C=C(\OC)C(=O)O)c(Cl)c3)n2)c1F. The van der Waals surface area contributed by atoms with Gasteiger partial charge in [-0.05, 0) is 30.7 Å². The number of anilines is 1. The van der Waals surface area contributed by atoms with Gasteiger partial charge in [0.1, 0.15) is 5.82 Å². The molecule has 208 valence electrons. The van der Waals surface area contributed by atoms with Crippen LogP contribution >= 0.6 is 34.5 Å². The Morgan fingerprint density at radius 2 is 1.87 bits per heavy atom. The van der Waals surface area contributed by atoms with Crippen LogP contribution in [0.15, 0.2) is 41.5 Å². The molecule has 0 fully saturated rings. The number of rotatable bonds is 14. The van der Waals surface area contributed by atoms with Gasteiger partial charge in [0, 0.05) is 34.2 Å². The van der Waals surface area contributed by atoms with E-state index in [0.717, 1.165) is 24.2 Å². The molecule has 0 aliphatic carbocycles. The number of amides is 1. The lowest BCUT2D eigenvalue weighted by Gasteiger charge is -2.09. The highest BCUT2D eigenvalue weighted by atomic mass is 35.5. The minimum absolute atomic E-state index is 0.0605. The third-order valence-corrected chi connectivity index (χ3v) is 7.16. The lowest BCUT2D eigenvalue weighted by Crippen LogP contribution is -2.12. The van der Waals surface area contributed by atoms with Crippen LogP contribution in [0.3, 0.4) is 0 Å². The standard InChI is InChI=1S/C28H29Cl2FN2O5S/c1-3-4-5-6-7-11-38-15-17-9-8-10-19(25(17)31)23-16-39-28(32-23)33-26(34)18-12-21(29)20(22(30)13-18)14-24(37-2)27(35)36/h8-10,12-14,16H,3-7,11,15H2,1-2H3,(H,35,36)(H,32,33,34)/b24-14-. The van der Waals surface area contributed by atoms with E-state index in [2.05, 4.69) is 17.2 Å². The average Bonchev–Trinajstić information content (AvgIpc) is 3.36. The fraction of sp³-hybridized carbons (Fsp3) is 0.321. The molecule has 1 aromatic heterocycles. The highest BCUT2D eigenvalue weighted by molar-refractivity contribution is 7.14. The molecule has 0 aliphatic heterocycles. The average molecular weight is 596 g/mol. The Labute approximate surface area is 240 Å². The maximum absolute atomic E-state index is 15.2. The summed E-state index contributed by atoms with van der Waals surface area (Å²) in [6, 6.07) is 7.76. The third kappa shape index (κ3) is 8.50. The molecule has 1 heterocycles. The van der Waals surface area contributed by atoms with Gasteiger partial charge in [0.25, 0.3) is 5.91 Å². The molecule has 0 spiro atoms. The molecule has 2 N–H and O–H groups in total. The van der Waals surface area contributed by atoms with Crippen LogP contribution in [-0.2, 0) is 20.9 Å². The normalized spacial score (nSPS) is 11.5. The first kappa shape index (κ1) is 30.6. The number of nitrogens with one attached hydrogen (secondary N) is 1. The van der Waals surface area contributed by atoms with Crippen molar-refractivity contribution in [3.8, 4) is 11.3 Å². The fourth-order valence-electron chi connectivity index (χ4n) is 3.70. The van der Waals surface area contributed by atoms with Gasteiger partial charge in [-0.25, -0.2) is 14.2 Å². The number of hydrogen-bond donors (Lipinski definition) is 2. The first-order valence-electron chi connectivity index (χ1n) is 12.4. The molecule has 0 aliphatic rings. The number of aliphatic carboxylic acids is 1. The summed E-state index contributed by atoms with van der Waals surface area (Å²) in [5, 5.41) is 13.8. The first-order chi connectivity index (χ1) is 18.7. The highest BCUT2D eigenvalue weighted by Crippen LogP contribution is 2.31. The van der Waals surface area contributed by atoms with Crippen LogP contribution in [0.1, 0.15) is 60.5 Å². The minimum atomic E-state index is -1.29. The Balaban J connectivity index is 1.67. The van der Waals surface area contributed by atoms with E-state index < -0.39 is 17.7 Å². The third-order valence-electron chi connectivity index (χ3n) is 5.78. The molecule has 0 radical (unpaired) electrons. The highest BCUT2D eigenvalue weighted by Gasteiger charge is 2.18. The number of methoxy groups -OCH3 is 1. The summed E-state index contributed by atoms with van der Waals surface area (Å²) in [6.45, 7) is 2.92. The van der Waals surface area contributed by atoms with E-state index in [1.54, 1.807) is 23.6 Å². The number of carboxylic acids is 1. The van der Waals surface area contributed by atoms with Crippen LogP contribution in [0, 0.1) is 5.82 Å². The summed E-state index contributed by atoms with van der Waals surface area (Å²) < 4.78 is 25.7. The summed E-state index contributed by atoms with van der Waals surface area (Å²) in [6.07, 6.45) is 6.79. The number of nitrogens with zero attached hydrogens (tertiary/aromatic N) is 1. The Hall–Kier alpha value is -2.98. The van der Waals surface area contributed by atoms with E-state index >= 15 is 4.39 Å². The monoisotopic (exact) mass is 594 g/mol. The molecule has 11 heteroatoms. The second kappa shape index (κ2) is 15.0. The van der Waals surface area contributed by atoms with Crippen LogP contribution in [0.5, 0.6) is 0 Å². The number of halogens is 3. The Morgan fingerprint density at radius 1 is 1.15 bits per heavy atom. The molecule has 3 aromatic rings. The largest absolute Gasteiger partial charge is 0.490 e. The lowest BCUT2D eigenvalue weighted by atomic mass is 10.1. The number of carboxylic acid groups (broad SMARTS) is 1. The number of carbonyl (C=O) groups excluding carboxylic acids is 1. The van der Waals surface area contributed by atoms with Crippen molar-refractivity contribution in [3.05, 3.63) is 74.0 Å². The van der Waals surface area contributed by atoms with Gasteiger partial charge in [-0.15, -0.1) is 11.3 Å². The van der Waals surface area contributed by atoms with Gasteiger partial charge in [0.15, 0.2) is 5.13 Å². The molecule has 1 amide bonds. The molecule has 7 nitrogen and oxygen atoms in total. The smallest absolute Gasteiger partial charge is 0.371 e. The molecule has 3 rings (SSSR count). The lowest BCUT2D eigenvalue weighted by molar-refractivity contribution is -0.135. The zero-order chi connectivity index (χ0) is 28.4.